The van der Waals surface area contributed by atoms with E-state index in [0.717, 1.165) is 24.9 Å². The molecule has 0 saturated heterocycles. The Hall–Kier alpha value is -3.22. The molecular weight excluding hydrogens is 443 g/mol. The zero-order valence-corrected chi connectivity index (χ0v) is 20.0. The number of nitrogens with zero attached hydrogens (tertiary/aromatic N) is 1. The largest absolute Gasteiger partial charge is 0.491 e. The van der Waals surface area contributed by atoms with Crippen molar-refractivity contribution in [1.29, 1.82) is 0 Å². The molecule has 0 saturated carbocycles. The maximum Gasteiger partial charge on any atom is 0.255 e. The summed E-state index contributed by atoms with van der Waals surface area (Å²) in [5.41, 5.74) is 2.32. The minimum absolute atomic E-state index is 0.152. The Morgan fingerprint density at radius 2 is 1.66 bits per heavy atom. The molecule has 3 aromatic carbocycles. The van der Waals surface area contributed by atoms with Crippen molar-refractivity contribution in [3.05, 3.63) is 101 Å². The highest BCUT2D eigenvalue weighted by Gasteiger charge is 2.19. The third kappa shape index (κ3) is 7.64. The first kappa shape index (κ1) is 24.9. The van der Waals surface area contributed by atoms with Crippen molar-refractivity contribution in [2.24, 2.45) is 0 Å². The highest BCUT2D eigenvalue weighted by molar-refractivity contribution is 5.97. The van der Waals surface area contributed by atoms with Gasteiger partial charge in [-0.3, -0.25) is 9.69 Å². The highest BCUT2D eigenvalue weighted by Crippen LogP contribution is 2.19. The van der Waals surface area contributed by atoms with Crippen LogP contribution in [0.1, 0.15) is 34.3 Å². The van der Waals surface area contributed by atoms with Crippen LogP contribution in [0, 0.1) is 5.82 Å². The first-order valence-electron chi connectivity index (χ1n) is 12.3. The number of halogens is 1. The Morgan fingerprint density at radius 1 is 0.886 bits per heavy atom. The van der Waals surface area contributed by atoms with Gasteiger partial charge in [0.25, 0.3) is 5.91 Å². The van der Waals surface area contributed by atoms with Crippen molar-refractivity contribution in [3.8, 4) is 5.75 Å². The molecule has 0 unspecified atom stereocenters. The molecule has 4 rings (SSSR count). The maximum atomic E-state index is 14.2. The molecule has 1 aliphatic heterocycles. The van der Waals surface area contributed by atoms with Crippen molar-refractivity contribution < 1.29 is 18.7 Å². The predicted octanol–water partition coefficient (Wildman–Crippen LogP) is 4.86. The number of benzene rings is 3. The van der Waals surface area contributed by atoms with Crippen LogP contribution in [0.5, 0.6) is 5.75 Å². The Labute approximate surface area is 206 Å². The van der Waals surface area contributed by atoms with Gasteiger partial charge in [-0.2, -0.15) is 0 Å². The van der Waals surface area contributed by atoms with E-state index in [-0.39, 0.29) is 17.8 Å². The van der Waals surface area contributed by atoms with Gasteiger partial charge in [-0.05, 0) is 49.6 Å². The Kier molecular flexibility index (Phi) is 9.26. The number of hydrogen-bond donors (Lipinski definition) is 1. The van der Waals surface area contributed by atoms with Crippen LogP contribution in [0.4, 0.5) is 4.39 Å². The van der Waals surface area contributed by atoms with Crippen LogP contribution in [-0.2, 0) is 17.7 Å². The third-order valence-corrected chi connectivity index (χ3v) is 6.14. The Bertz CT molecular complexity index is 1080. The molecule has 0 aromatic heterocycles. The molecule has 0 radical (unpaired) electrons. The summed E-state index contributed by atoms with van der Waals surface area (Å²) < 4.78 is 26.3. The first-order chi connectivity index (χ1) is 17.2. The number of nitrogens with one attached hydrogen (secondary N) is 1. The monoisotopic (exact) mass is 476 g/mol. The number of rotatable bonds is 4. The van der Waals surface area contributed by atoms with Crippen molar-refractivity contribution in [2.75, 3.05) is 32.9 Å². The third-order valence-electron chi connectivity index (χ3n) is 6.14. The summed E-state index contributed by atoms with van der Waals surface area (Å²) >= 11 is 0. The SMILES string of the molecule is O=C1N[C@@H](Cc2ccccc2)COCCCCN(Cc2ccccc2F)CCOc2ccccc21. The van der Waals surface area contributed by atoms with Crippen molar-refractivity contribution in [1.82, 2.24) is 10.2 Å². The maximum absolute atomic E-state index is 14.2. The molecule has 1 aliphatic rings. The molecule has 35 heavy (non-hydrogen) atoms. The molecule has 0 fully saturated rings. The number of carbonyl (C=O) groups is 1. The molecule has 1 N–H and O–H groups in total. The fourth-order valence-corrected chi connectivity index (χ4v) is 4.28. The smallest absolute Gasteiger partial charge is 0.255 e. The predicted molar refractivity (Wildman–Crippen MR) is 135 cm³/mol. The van der Waals surface area contributed by atoms with Crippen LogP contribution in [0.3, 0.4) is 0 Å². The van der Waals surface area contributed by atoms with E-state index in [4.69, 9.17) is 9.47 Å². The van der Waals surface area contributed by atoms with E-state index in [0.29, 0.717) is 56.2 Å². The van der Waals surface area contributed by atoms with Gasteiger partial charge >= 0.3 is 0 Å². The molecule has 5 nitrogen and oxygen atoms in total. The van der Waals surface area contributed by atoms with E-state index in [1.54, 1.807) is 12.1 Å². The molecule has 0 aliphatic carbocycles. The minimum atomic E-state index is -0.195. The molecule has 1 amide bonds. The van der Waals surface area contributed by atoms with Gasteiger partial charge in [0.15, 0.2) is 0 Å². The Balaban J connectivity index is 1.48. The standard InChI is InChI=1S/C29H33FN2O3/c30-27-14-6-4-12-24(27)21-32-16-8-9-18-34-22-25(20-23-10-2-1-3-11-23)31-29(33)26-13-5-7-15-28(26)35-19-17-32/h1-7,10-15,25H,8-9,16-22H2,(H,31,33)/t25-/m0/s1. The van der Waals surface area contributed by atoms with Gasteiger partial charge < -0.3 is 14.8 Å². The average Bonchev–Trinajstić information content (AvgIpc) is 2.88. The minimum Gasteiger partial charge on any atom is -0.491 e. The molecule has 0 spiro atoms. The topological polar surface area (TPSA) is 50.8 Å². The summed E-state index contributed by atoms with van der Waals surface area (Å²) in [6, 6.07) is 24.1. The van der Waals surface area contributed by atoms with Crippen LogP contribution in [0.15, 0.2) is 78.9 Å². The molecule has 1 atom stereocenters. The normalized spacial score (nSPS) is 18.4. The van der Waals surface area contributed by atoms with Gasteiger partial charge in [-0.15, -0.1) is 0 Å². The van der Waals surface area contributed by atoms with Gasteiger partial charge in [0.2, 0.25) is 0 Å². The van der Waals surface area contributed by atoms with Gasteiger partial charge in [0.05, 0.1) is 18.2 Å². The van der Waals surface area contributed by atoms with Crippen molar-refractivity contribution in [3.63, 3.8) is 0 Å². The highest BCUT2D eigenvalue weighted by atomic mass is 19.1. The van der Waals surface area contributed by atoms with E-state index < -0.39 is 0 Å². The van der Waals surface area contributed by atoms with E-state index in [1.165, 1.54) is 6.07 Å². The first-order valence-corrected chi connectivity index (χ1v) is 12.3. The molecule has 184 valence electrons. The van der Waals surface area contributed by atoms with E-state index in [2.05, 4.69) is 22.3 Å². The fraction of sp³-hybridized carbons (Fsp3) is 0.345. The quantitative estimate of drug-likeness (QED) is 0.585. The van der Waals surface area contributed by atoms with Crippen molar-refractivity contribution in [2.45, 2.75) is 31.8 Å². The molecule has 0 bridgehead atoms. The Morgan fingerprint density at radius 3 is 2.51 bits per heavy atom. The fourth-order valence-electron chi connectivity index (χ4n) is 4.28. The summed E-state index contributed by atoms with van der Waals surface area (Å²) in [7, 11) is 0. The molecule has 1 heterocycles. The molecular formula is C29H33FN2O3. The van der Waals surface area contributed by atoms with Gasteiger partial charge in [-0.1, -0.05) is 60.7 Å². The number of carbonyl (C=O) groups excluding carboxylic acids is 1. The van der Waals surface area contributed by atoms with Crippen LogP contribution in [0.25, 0.3) is 0 Å². The zero-order valence-electron chi connectivity index (χ0n) is 20.0. The zero-order chi connectivity index (χ0) is 24.3. The second kappa shape index (κ2) is 13.0. The molecule has 3 aromatic rings. The lowest BCUT2D eigenvalue weighted by molar-refractivity contribution is 0.0823. The lowest BCUT2D eigenvalue weighted by atomic mass is 10.1. The van der Waals surface area contributed by atoms with Crippen LogP contribution >= 0.6 is 0 Å². The summed E-state index contributed by atoms with van der Waals surface area (Å²) in [6.45, 7) is 3.40. The van der Waals surface area contributed by atoms with Crippen LogP contribution < -0.4 is 10.1 Å². The number of para-hydroxylation sites is 1. The second-order valence-corrected chi connectivity index (χ2v) is 8.85. The summed E-state index contributed by atoms with van der Waals surface area (Å²) in [4.78, 5) is 15.4. The second-order valence-electron chi connectivity index (χ2n) is 8.85. The van der Waals surface area contributed by atoms with Crippen LogP contribution in [0.2, 0.25) is 0 Å². The molecule has 6 heteroatoms. The number of fused-ring (bicyclic) bond motifs is 1. The van der Waals surface area contributed by atoms with Gasteiger partial charge in [-0.25, -0.2) is 4.39 Å². The average molecular weight is 477 g/mol. The summed E-state index contributed by atoms with van der Waals surface area (Å²) in [5.74, 6) is 0.174. The lowest BCUT2D eigenvalue weighted by Crippen LogP contribution is -2.40. The lowest BCUT2D eigenvalue weighted by Gasteiger charge is -2.23. The number of amides is 1. The van der Waals surface area contributed by atoms with E-state index in [9.17, 15) is 9.18 Å². The van der Waals surface area contributed by atoms with Gasteiger partial charge in [0.1, 0.15) is 18.2 Å². The van der Waals surface area contributed by atoms with Crippen LogP contribution in [-0.4, -0.2) is 49.8 Å². The summed E-state index contributed by atoms with van der Waals surface area (Å²) in [6.07, 6.45) is 2.51. The summed E-state index contributed by atoms with van der Waals surface area (Å²) in [5, 5.41) is 3.14. The van der Waals surface area contributed by atoms with Crippen molar-refractivity contribution >= 4 is 5.91 Å². The number of hydrogen-bond acceptors (Lipinski definition) is 4. The number of ether oxygens (including phenoxy) is 2. The van der Waals surface area contributed by atoms with Gasteiger partial charge in [0, 0.05) is 25.3 Å². The van der Waals surface area contributed by atoms with E-state index >= 15 is 0 Å². The van der Waals surface area contributed by atoms with E-state index in [1.807, 2.05) is 48.5 Å².